The molecule has 0 radical (unpaired) electrons. The molecule has 1 aliphatic heterocycles. The van der Waals surface area contributed by atoms with Crippen LogP contribution >= 0.6 is 11.6 Å². The van der Waals surface area contributed by atoms with Crippen LogP contribution in [0.15, 0.2) is 10.7 Å². The number of nitrogens with zero attached hydrogens (tertiary/aromatic N) is 2. The Kier molecular flexibility index (Phi) is 4.11. The average Bonchev–Trinajstić information content (AvgIpc) is 2.47. The van der Waals surface area contributed by atoms with Crippen LogP contribution in [0.1, 0.15) is 20.8 Å². The van der Waals surface area contributed by atoms with Gasteiger partial charge in [0.2, 0.25) is 5.91 Å². The molecule has 0 aromatic rings. The van der Waals surface area contributed by atoms with Crippen LogP contribution in [0.4, 0.5) is 0 Å². The molecular formula is C10H14ClN3O3. The Hall–Kier alpha value is -1.56. The van der Waals surface area contributed by atoms with Gasteiger partial charge in [0.25, 0.3) is 11.8 Å². The Morgan fingerprint density at radius 1 is 1.29 bits per heavy atom. The summed E-state index contributed by atoms with van der Waals surface area (Å²) in [5.41, 5.74) is 2.28. The number of rotatable bonds is 4. The van der Waals surface area contributed by atoms with Crippen molar-refractivity contribution in [3.8, 4) is 0 Å². The van der Waals surface area contributed by atoms with Crippen LogP contribution in [0.25, 0.3) is 0 Å². The van der Waals surface area contributed by atoms with Crippen LogP contribution in [-0.2, 0) is 14.4 Å². The van der Waals surface area contributed by atoms with Gasteiger partial charge in [-0.25, -0.2) is 0 Å². The van der Waals surface area contributed by atoms with Crippen molar-refractivity contribution in [1.82, 2.24) is 15.3 Å². The molecule has 1 rings (SSSR count). The van der Waals surface area contributed by atoms with E-state index in [1.807, 2.05) is 13.8 Å². The van der Waals surface area contributed by atoms with E-state index in [0.717, 1.165) is 0 Å². The summed E-state index contributed by atoms with van der Waals surface area (Å²) in [6.07, 6.45) is 0. The van der Waals surface area contributed by atoms with Gasteiger partial charge in [-0.15, -0.1) is 0 Å². The summed E-state index contributed by atoms with van der Waals surface area (Å²) in [6.45, 7) is 6.01. The number of likely N-dealkylation sites (N-methyl/N-ethyl adjacent to an activating group) is 1. The van der Waals surface area contributed by atoms with E-state index in [4.69, 9.17) is 11.6 Å². The minimum absolute atomic E-state index is 0.135. The standard InChI is InChI=1S/C10H14ClN3O3/c1-4-13(5-2)8-7(11)9(16)14(10(8)17)12-6(3)15/h4-5H2,1-3H3,(H,12,15). The van der Waals surface area contributed by atoms with E-state index in [-0.39, 0.29) is 10.7 Å². The summed E-state index contributed by atoms with van der Waals surface area (Å²) in [5.74, 6) is -1.80. The summed E-state index contributed by atoms with van der Waals surface area (Å²) in [5, 5.41) is 0.477. The van der Waals surface area contributed by atoms with Gasteiger partial charge in [0, 0.05) is 20.0 Å². The van der Waals surface area contributed by atoms with Crippen LogP contribution in [0.2, 0.25) is 0 Å². The summed E-state index contributed by atoms with van der Waals surface area (Å²) in [4.78, 5) is 36.2. The second-order valence-electron chi connectivity index (χ2n) is 3.45. The third-order valence-corrected chi connectivity index (χ3v) is 2.69. The molecule has 1 aliphatic rings. The molecule has 94 valence electrons. The van der Waals surface area contributed by atoms with E-state index < -0.39 is 17.7 Å². The van der Waals surface area contributed by atoms with Crippen LogP contribution < -0.4 is 5.43 Å². The smallest absolute Gasteiger partial charge is 0.297 e. The molecule has 0 aromatic carbocycles. The molecule has 0 unspecified atom stereocenters. The van der Waals surface area contributed by atoms with E-state index >= 15 is 0 Å². The van der Waals surface area contributed by atoms with Crippen molar-refractivity contribution in [1.29, 1.82) is 0 Å². The Morgan fingerprint density at radius 3 is 2.24 bits per heavy atom. The number of imide groups is 1. The fraction of sp³-hybridized carbons (Fsp3) is 0.500. The van der Waals surface area contributed by atoms with Crippen LogP contribution in [0, 0.1) is 0 Å². The first-order valence-corrected chi connectivity index (χ1v) is 5.62. The summed E-state index contributed by atoms with van der Waals surface area (Å²) in [7, 11) is 0. The van der Waals surface area contributed by atoms with Crippen molar-refractivity contribution < 1.29 is 14.4 Å². The van der Waals surface area contributed by atoms with Crippen molar-refractivity contribution in [2.45, 2.75) is 20.8 Å². The largest absolute Gasteiger partial charge is 0.366 e. The lowest BCUT2D eigenvalue weighted by atomic mass is 10.3. The lowest BCUT2D eigenvalue weighted by molar-refractivity contribution is -0.146. The van der Waals surface area contributed by atoms with Gasteiger partial charge in [0.1, 0.15) is 10.7 Å². The molecule has 3 amide bonds. The molecule has 0 atom stereocenters. The second kappa shape index (κ2) is 5.18. The van der Waals surface area contributed by atoms with E-state index in [9.17, 15) is 14.4 Å². The molecule has 6 nitrogen and oxygen atoms in total. The molecule has 1 heterocycles. The predicted octanol–water partition coefficient (Wildman–Crippen LogP) is 0.198. The van der Waals surface area contributed by atoms with Gasteiger partial charge >= 0.3 is 0 Å². The van der Waals surface area contributed by atoms with Crippen molar-refractivity contribution in [3.05, 3.63) is 10.7 Å². The van der Waals surface area contributed by atoms with E-state index in [1.54, 1.807) is 4.90 Å². The highest BCUT2D eigenvalue weighted by Crippen LogP contribution is 2.25. The van der Waals surface area contributed by atoms with Crippen LogP contribution in [-0.4, -0.2) is 40.7 Å². The molecule has 17 heavy (non-hydrogen) atoms. The summed E-state index contributed by atoms with van der Waals surface area (Å²) < 4.78 is 0. The average molecular weight is 260 g/mol. The number of carbonyl (C=O) groups excluding carboxylic acids is 3. The van der Waals surface area contributed by atoms with Gasteiger partial charge < -0.3 is 4.90 Å². The molecule has 0 spiro atoms. The first-order valence-electron chi connectivity index (χ1n) is 5.24. The first-order chi connectivity index (χ1) is 7.93. The van der Waals surface area contributed by atoms with Crippen LogP contribution in [0.3, 0.4) is 0 Å². The van der Waals surface area contributed by atoms with E-state index in [2.05, 4.69) is 5.43 Å². The third-order valence-electron chi connectivity index (χ3n) is 2.35. The zero-order valence-corrected chi connectivity index (χ0v) is 10.7. The maximum atomic E-state index is 11.9. The summed E-state index contributed by atoms with van der Waals surface area (Å²) in [6, 6.07) is 0. The topological polar surface area (TPSA) is 69.7 Å². The fourth-order valence-electron chi connectivity index (χ4n) is 1.56. The minimum Gasteiger partial charge on any atom is -0.366 e. The van der Waals surface area contributed by atoms with E-state index in [0.29, 0.717) is 18.1 Å². The predicted molar refractivity (Wildman–Crippen MR) is 61.5 cm³/mol. The molecule has 0 saturated heterocycles. The van der Waals surface area contributed by atoms with Gasteiger partial charge in [0.15, 0.2) is 0 Å². The third kappa shape index (κ3) is 2.41. The molecule has 0 bridgehead atoms. The van der Waals surface area contributed by atoms with Crippen molar-refractivity contribution in [3.63, 3.8) is 0 Å². The molecule has 1 N–H and O–H groups in total. The number of carbonyl (C=O) groups is 3. The summed E-state index contributed by atoms with van der Waals surface area (Å²) >= 11 is 5.83. The van der Waals surface area contributed by atoms with Crippen molar-refractivity contribution >= 4 is 29.3 Å². The van der Waals surface area contributed by atoms with Gasteiger partial charge in [0.05, 0.1) is 0 Å². The Bertz CT molecular complexity index is 402. The highest BCUT2D eigenvalue weighted by molar-refractivity contribution is 6.47. The molecule has 7 heteroatoms. The second-order valence-corrected chi connectivity index (χ2v) is 3.83. The Labute approximate surface area is 104 Å². The number of halogens is 1. The zero-order chi connectivity index (χ0) is 13.2. The molecule has 0 aliphatic carbocycles. The number of hydrogen-bond acceptors (Lipinski definition) is 4. The van der Waals surface area contributed by atoms with Gasteiger partial charge in [-0.3, -0.25) is 19.8 Å². The Balaban J connectivity index is 3.04. The van der Waals surface area contributed by atoms with Crippen LogP contribution in [0.5, 0.6) is 0 Å². The lowest BCUT2D eigenvalue weighted by Gasteiger charge is -2.22. The molecule has 0 aromatic heterocycles. The molecule has 0 fully saturated rings. The number of amides is 3. The highest BCUT2D eigenvalue weighted by atomic mass is 35.5. The van der Waals surface area contributed by atoms with Crippen molar-refractivity contribution in [2.75, 3.05) is 13.1 Å². The highest BCUT2D eigenvalue weighted by Gasteiger charge is 2.40. The van der Waals surface area contributed by atoms with Gasteiger partial charge in [-0.1, -0.05) is 11.6 Å². The van der Waals surface area contributed by atoms with Gasteiger partial charge in [-0.2, -0.15) is 5.01 Å². The van der Waals surface area contributed by atoms with E-state index in [1.165, 1.54) is 6.92 Å². The van der Waals surface area contributed by atoms with Crippen molar-refractivity contribution in [2.24, 2.45) is 0 Å². The monoisotopic (exact) mass is 259 g/mol. The SMILES string of the molecule is CCN(CC)C1=C(Cl)C(=O)N(NC(C)=O)C1=O. The first kappa shape index (κ1) is 13.5. The quantitative estimate of drug-likeness (QED) is 0.732. The zero-order valence-electron chi connectivity index (χ0n) is 9.91. The number of hydrazine groups is 1. The molecule has 0 saturated carbocycles. The minimum atomic E-state index is -0.700. The van der Waals surface area contributed by atoms with Gasteiger partial charge in [-0.05, 0) is 13.8 Å². The lowest BCUT2D eigenvalue weighted by Crippen LogP contribution is -2.47. The molecular weight excluding hydrogens is 246 g/mol. The normalized spacial score (nSPS) is 15.6. The maximum absolute atomic E-state index is 11.9. The number of hydrogen-bond donors (Lipinski definition) is 1. The number of nitrogens with one attached hydrogen (secondary N) is 1. The maximum Gasteiger partial charge on any atom is 0.297 e. The Morgan fingerprint density at radius 2 is 1.82 bits per heavy atom. The fourth-order valence-corrected chi connectivity index (χ4v) is 1.85.